The minimum Gasteiger partial charge on any atom is -0.467 e. The van der Waals surface area contributed by atoms with Crippen LogP contribution in [0.15, 0.2) is 45.7 Å². The van der Waals surface area contributed by atoms with Crippen LogP contribution in [0.25, 0.3) is 22.3 Å². The van der Waals surface area contributed by atoms with Gasteiger partial charge < -0.3 is 14.0 Å². The van der Waals surface area contributed by atoms with E-state index >= 15 is 0 Å². The molecule has 0 fully saturated rings. The van der Waals surface area contributed by atoms with Crippen LogP contribution in [-0.4, -0.2) is 28.7 Å². The summed E-state index contributed by atoms with van der Waals surface area (Å²) in [6.45, 7) is 0.142. The summed E-state index contributed by atoms with van der Waals surface area (Å²) in [5.74, 6) is 0.644. The molecule has 0 spiro atoms. The van der Waals surface area contributed by atoms with Gasteiger partial charge in [-0.3, -0.25) is 4.79 Å². The summed E-state index contributed by atoms with van der Waals surface area (Å²) in [6, 6.07) is 11.0. The van der Waals surface area contributed by atoms with Gasteiger partial charge in [-0.1, -0.05) is 12.1 Å². The maximum atomic E-state index is 12.1. The first-order valence-corrected chi connectivity index (χ1v) is 7.65. The third kappa shape index (κ3) is 2.97. The van der Waals surface area contributed by atoms with Crippen molar-refractivity contribution in [2.45, 2.75) is 0 Å². The average molecular weight is 376 g/mol. The second kappa shape index (κ2) is 6.47. The maximum absolute atomic E-state index is 12.1. The highest BCUT2D eigenvalue weighted by Crippen LogP contribution is 2.29. The van der Waals surface area contributed by atoms with Crippen molar-refractivity contribution < 1.29 is 9.47 Å². The van der Waals surface area contributed by atoms with Crippen molar-refractivity contribution in [3.63, 3.8) is 0 Å². The molecule has 2 heterocycles. The molecule has 3 aromatic rings. The van der Waals surface area contributed by atoms with Crippen molar-refractivity contribution in [2.75, 3.05) is 13.9 Å². The number of rotatable bonds is 4. The molecule has 0 aliphatic heterocycles. The Morgan fingerprint density at radius 1 is 1.22 bits per heavy atom. The lowest BCUT2D eigenvalue weighted by Crippen LogP contribution is -2.18. The molecule has 7 heteroatoms. The second-order valence-electron chi connectivity index (χ2n) is 4.90. The van der Waals surface area contributed by atoms with Crippen LogP contribution >= 0.6 is 15.9 Å². The first kappa shape index (κ1) is 15.6. The number of hydrogen-bond donors (Lipinski definition) is 0. The number of aryl methyl sites for hydroxylation is 1. The molecule has 0 saturated carbocycles. The van der Waals surface area contributed by atoms with E-state index in [0.717, 1.165) is 5.56 Å². The van der Waals surface area contributed by atoms with Crippen molar-refractivity contribution in [2.24, 2.45) is 7.05 Å². The Kier molecular flexibility index (Phi) is 4.40. The average Bonchev–Trinajstić information content (AvgIpc) is 2.58. The zero-order chi connectivity index (χ0) is 16.4. The Morgan fingerprint density at radius 3 is 2.78 bits per heavy atom. The van der Waals surface area contributed by atoms with Crippen LogP contribution in [0.3, 0.4) is 0 Å². The third-order valence-corrected chi connectivity index (χ3v) is 4.00. The summed E-state index contributed by atoms with van der Waals surface area (Å²) in [5, 5.41) is 8.47. The van der Waals surface area contributed by atoms with Crippen LogP contribution in [0, 0.1) is 0 Å². The number of hydrogen-bond acceptors (Lipinski definition) is 5. The van der Waals surface area contributed by atoms with Gasteiger partial charge in [0.2, 0.25) is 0 Å². The predicted octanol–water partition coefficient (Wildman–Crippen LogP) is 2.74. The quantitative estimate of drug-likeness (QED) is 0.655. The number of para-hydroxylation sites is 1. The van der Waals surface area contributed by atoms with Crippen molar-refractivity contribution in [3.8, 4) is 17.0 Å². The molecule has 0 N–H and O–H groups in total. The van der Waals surface area contributed by atoms with E-state index < -0.39 is 0 Å². The Balaban J connectivity index is 2.16. The van der Waals surface area contributed by atoms with E-state index in [1.54, 1.807) is 20.2 Å². The van der Waals surface area contributed by atoms with Crippen molar-refractivity contribution in [1.82, 2.24) is 14.8 Å². The highest BCUT2D eigenvalue weighted by atomic mass is 79.9. The Labute approximate surface area is 140 Å². The molecular weight excluding hydrogens is 362 g/mol. The normalized spacial score (nSPS) is 10.9. The van der Waals surface area contributed by atoms with Gasteiger partial charge in [-0.25, -0.2) is 0 Å². The molecule has 0 bridgehead atoms. The molecule has 2 aromatic heterocycles. The smallest absolute Gasteiger partial charge is 0.265 e. The molecule has 3 rings (SSSR count). The summed E-state index contributed by atoms with van der Waals surface area (Å²) >= 11 is 3.24. The van der Waals surface area contributed by atoms with Gasteiger partial charge in [0.05, 0.1) is 15.7 Å². The van der Waals surface area contributed by atoms with Crippen LogP contribution < -0.4 is 10.3 Å². The zero-order valence-corrected chi connectivity index (χ0v) is 14.2. The van der Waals surface area contributed by atoms with E-state index in [0.29, 0.717) is 26.9 Å². The molecule has 0 radical (unpaired) electrons. The fourth-order valence-corrected chi connectivity index (χ4v) is 2.76. The van der Waals surface area contributed by atoms with E-state index in [-0.39, 0.29) is 12.4 Å². The molecule has 0 aliphatic rings. The van der Waals surface area contributed by atoms with Gasteiger partial charge in [0, 0.05) is 19.7 Å². The molecule has 0 atom stereocenters. The van der Waals surface area contributed by atoms with Crippen LogP contribution in [0.5, 0.6) is 5.75 Å². The number of nitrogens with zero attached hydrogens (tertiary/aromatic N) is 3. The van der Waals surface area contributed by atoms with Gasteiger partial charge in [0.15, 0.2) is 6.79 Å². The lowest BCUT2D eigenvalue weighted by Gasteiger charge is -2.11. The van der Waals surface area contributed by atoms with Crippen molar-refractivity contribution in [1.29, 1.82) is 0 Å². The minimum atomic E-state index is -0.125. The van der Waals surface area contributed by atoms with Crippen molar-refractivity contribution in [3.05, 3.63) is 51.2 Å². The summed E-state index contributed by atoms with van der Waals surface area (Å²) < 4.78 is 12.5. The molecule has 0 amide bonds. The lowest BCUT2D eigenvalue weighted by molar-refractivity contribution is 0.0515. The van der Waals surface area contributed by atoms with Gasteiger partial charge in [-0.05, 0) is 40.2 Å². The fraction of sp³-hybridized carbons (Fsp3) is 0.188. The summed E-state index contributed by atoms with van der Waals surface area (Å²) in [5.41, 5.74) is 2.62. The summed E-state index contributed by atoms with van der Waals surface area (Å²) in [7, 11) is 3.26. The number of ether oxygens (including phenoxy) is 2. The predicted molar refractivity (Wildman–Crippen MR) is 90.4 cm³/mol. The van der Waals surface area contributed by atoms with E-state index in [1.807, 2.05) is 30.3 Å². The highest BCUT2D eigenvalue weighted by Gasteiger charge is 2.12. The van der Waals surface area contributed by atoms with E-state index in [2.05, 4.69) is 26.1 Å². The molecular formula is C16H14BrN3O3. The van der Waals surface area contributed by atoms with E-state index in [9.17, 15) is 4.79 Å². The largest absolute Gasteiger partial charge is 0.467 e. The van der Waals surface area contributed by atoms with E-state index in [1.165, 1.54) is 4.57 Å². The maximum Gasteiger partial charge on any atom is 0.265 e. The zero-order valence-electron chi connectivity index (χ0n) is 12.6. The third-order valence-electron chi connectivity index (χ3n) is 3.43. The Bertz CT molecular complexity index is 924. The monoisotopic (exact) mass is 375 g/mol. The summed E-state index contributed by atoms with van der Waals surface area (Å²) in [4.78, 5) is 12.1. The number of benzene rings is 1. The van der Waals surface area contributed by atoms with Crippen molar-refractivity contribution >= 4 is 27.0 Å². The van der Waals surface area contributed by atoms with Gasteiger partial charge in [0.1, 0.15) is 11.3 Å². The highest BCUT2D eigenvalue weighted by molar-refractivity contribution is 9.10. The molecule has 118 valence electrons. The van der Waals surface area contributed by atoms with Crippen LogP contribution in [0.2, 0.25) is 0 Å². The first-order valence-electron chi connectivity index (χ1n) is 6.86. The van der Waals surface area contributed by atoms with Crippen LogP contribution in [-0.2, 0) is 11.8 Å². The van der Waals surface area contributed by atoms with Crippen LogP contribution in [0.4, 0.5) is 0 Å². The molecule has 6 nitrogen and oxygen atoms in total. The minimum absolute atomic E-state index is 0.125. The fourth-order valence-electron chi connectivity index (χ4n) is 2.27. The number of aromatic nitrogens is 3. The Morgan fingerprint density at radius 2 is 2.00 bits per heavy atom. The first-order chi connectivity index (χ1) is 11.1. The molecule has 23 heavy (non-hydrogen) atoms. The van der Waals surface area contributed by atoms with Gasteiger partial charge >= 0.3 is 0 Å². The Hall–Kier alpha value is -2.25. The molecule has 0 unspecified atom stereocenters. The number of fused-ring (bicyclic) bond motifs is 1. The van der Waals surface area contributed by atoms with Gasteiger partial charge in [-0.15, -0.1) is 10.2 Å². The summed E-state index contributed by atoms with van der Waals surface area (Å²) in [6.07, 6.45) is 0. The topological polar surface area (TPSA) is 66.2 Å². The van der Waals surface area contributed by atoms with Gasteiger partial charge in [-0.2, -0.15) is 0 Å². The van der Waals surface area contributed by atoms with E-state index in [4.69, 9.17) is 9.47 Å². The standard InChI is InChI=1S/C16H14BrN3O3/c1-20-14-8-12(18-19-13(14)7-11(17)16(20)21)10-5-3-4-6-15(10)23-9-22-2/h3-8H,9H2,1-2H3. The molecule has 0 saturated heterocycles. The number of pyridine rings is 1. The molecule has 0 aliphatic carbocycles. The second-order valence-corrected chi connectivity index (χ2v) is 5.76. The number of halogens is 1. The lowest BCUT2D eigenvalue weighted by atomic mass is 10.1. The van der Waals surface area contributed by atoms with Gasteiger partial charge in [0.25, 0.3) is 5.56 Å². The number of methoxy groups -OCH3 is 1. The SMILES string of the molecule is COCOc1ccccc1-c1cc2c(cc(Br)c(=O)n2C)nn1. The molecule has 1 aromatic carbocycles. The van der Waals surface area contributed by atoms with Crippen LogP contribution in [0.1, 0.15) is 0 Å².